The Morgan fingerprint density at radius 2 is 1.66 bits per heavy atom. The number of hydrogen-bond donors (Lipinski definition) is 2. The highest BCUT2D eigenvalue weighted by Crippen LogP contribution is 2.26. The van der Waals surface area contributed by atoms with Gasteiger partial charge in [-0.2, -0.15) is 0 Å². The fourth-order valence-electron chi connectivity index (χ4n) is 3.60. The topological polar surface area (TPSA) is 79.9 Å². The van der Waals surface area contributed by atoms with E-state index in [1.54, 1.807) is 13.3 Å². The van der Waals surface area contributed by atoms with Crippen LogP contribution in [0.4, 0.5) is 5.95 Å². The summed E-state index contributed by atoms with van der Waals surface area (Å²) in [6.45, 7) is 0. The summed E-state index contributed by atoms with van der Waals surface area (Å²) in [7, 11) is 1.63. The van der Waals surface area contributed by atoms with Gasteiger partial charge in [0, 0.05) is 10.9 Å². The lowest BCUT2D eigenvalue weighted by Crippen LogP contribution is -2.14. The highest BCUT2D eigenvalue weighted by Gasteiger charge is 2.15. The number of carbonyl (C=O) groups excluding carboxylic acids is 1. The molecule has 0 atom stereocenters. The molecule has 2 aromatic heterocycles. The van der Waals surface area contributed by atoms with Crippen LogP contribution in [0, 0.1) is 0 Å². The smallest absolute Gasteiger partial charge is 0.258 e. The van der Waals surface area contributed by atoms with Crippen LogP contribution in [0.25, 0.3) is 33.4 Å². The number of nitrogens with one attached hydrogen (secondary N) is 2. The largest absolute Gasteiger partial charge is 0.497 e. The van der Waals surface area contributed by atoms with Crippen LogP contribution in [0.3, 0.4) is 0 Å². The molecule has 5 aromatic rings. The van der Waals surface area contributed by atoms with E-state index in [9.17, 15) is 4.79 Å². The van der Waals surface area contributed by atoms with Crippen LogP contribution in [0.15, 0.2) is 91.1 Å². The number of H-pyrrole nitrogens is 1. The molecule has 0 aliphatic rings. The van der Waals surface area contributed by atoms with Gasteiger partial charge < -0.3 is 9.72 Å². The minimum atomic E-state index is -0.253. The van der Waals surface area contributed by atoms with Gasteiger partial charge in [-0.15, -0.1) is 0 Å². The van der Waals surface area contributed by atoms with Crippen molar-refractivity contribution in [1.29, 1.82) is 0 Å². The standard InChI is InChI=1S/C26H20N4O2/c1-32-19-13-11-18(12-14-19)24-16-27-26(29-24)30-25(31)21-15-23(17-7-3-2-4-8-17)28-22-10-6-5-9-20(21)22/h2-16H,1H3,(H2,27,29,30,31). The van der Waals surface area contributed by atoms with Crippen LogP contribution in [0.5, 0.6) is 5.75 Å². The highest BCUT2D eigenvalue weighted by molar-refractivity contribution is 6.12. The summed E-state index contributed by atoms with van der Waals surface area (Å²) in [4.78, 5) is 25.5. The zero-order chi connectivity index (χ0) is 21.9. The first-order valence-electron chi connectivity index (χ1n) is 10.2. The van der Waals surface area contributed by atoms with Gasteiger partial charge in [0.25, 0.3) is 5.91 Å². The van der Waals surface area contributed by atoms with Crippen molar-refractivity contribution in [2.24, 2.45) is 0 Å². The number of carbonyl (C=O) groups is 1. The van der Waals surface area contributed by atoms with Crippen molar-refractivity contribution in [1.82, 2.24) is 15.0 Å². The summed E-state index contributed by atoms with van der Waals surface area (Å²) in [5.74, 6) is 0.903. The number of aromatic nitrogens is 3. The van der Waals surface area contributed by atoms with Crippen molar-refractivity contribution >= 4 is 22.8 Å². The quantitative estimate of drug-likeness (QED) is 0.390. The molecule has 2 heterocycles. The molecular formula is C26H20N4O2. The summed E-state index contributed by atoms with van der Waals surface area (Å²) in [5, 5.41) is 3.67. The molecule has 1 amide bonds. The summed E-state index contributed by atoms with van der Waals surface area (Å²) >= 11 is 0. The third-order valence-corrected chi connectivity index (χ3v) is 5.24. The van der Waals surface area contributed by atoms with Crippen molar-refractivity contribution in [3.05, 3.63) is 96.7 Å². The van der Waals surface area contributed by atoms with Crippen LogP contribution < -0.4 is 10.1 Å². The maximum absolute atomic E-state index is 13.2. The Hall–Kier alpha value is -4.45. The van der Waals surface area contributed by atoms with Gasteiger partial charge in [0.15, 0.2) is 0 Å². The molecular weight excluding hydrogens is 400 g/mol. The predicted molar refractivity (Wildman–Crippen MR) is 126 cm³/mol. The normalized spacial score (nSPS) is 10.8. The SMILES string of the molecule is COc1ccc(-c2cnc(NC(=O)c3cc(-c4ccccc4)nc4ccccc34)[nH]2)cc1. The molecule has 6 nitrogen and oxygen atoms in total. The first kappa shape index (κ1) is 19.5. The molecule has 0 fully saturated rings. The third kappa shape index (κ3) is 3.81. The minimum absolute atomic E-state index is 0.253. The van der Waals surface area contributed by atoms with E-state index in [-0.39, 0.29) is 5.91 Å². The molecule has 3 aromatic carbocycles. The molecule has 32 heavy (non-hydrogen) atoms. The van der Waals surface area contributed by atoms with E-state index < -0.39 is 0 Å². The number of methoxy groups -OCH3 is 1. The molecule has 0 spiro atoms. The van der Waals surface area contributed by atoms with Gasteiger partial charge in [-0.1, -0.05) is 48.5 Å². The number of pyridine rings is 1. The van der Waals surface area contributed by atoms with Gasteiger partial charge in [0.2, 0.25) is 5.95 Å². The summed E-state index contributed by atoms with van der Waals surface area (Å²) < 4.78 is 5.20. The second-order valence-corrected chi connectivity index (χ2v) is 7.27. The summed E-state index contributed by atoms with van der Waals surface area (Å²) in [6.07, 6.45) is 1.69. The Labute approximate surface area is 184 Å². The lowest BCUT2D eigenvalue weighted by molar-refractivity contribution is 0.102. The highest BCUT2D eigenvalue weighted by atomic mass is 16.5. The molecule has 0 aliphatic heterocycles. The molecule has 0 aliphatic carbocycles. The Morgan fingerprint density at radius 3 is 2.44 bits per heavy atom. The fraction of sp³-hybridized carbons (Fsp3) is 0.0385. The maximum atomic E-state index is 13.2. The van der Waals surface area contributed by atoms with E-state index in [1.165, 1.54) is 0 Å². The van der Waals surface area contributed by atoms with E-state index in [4.69, 9.17) is 9.72 Å². The maximum Gasteiger partial charge on any atom is 0.258 e. The zero-order valence-corrected chi connectivity index (χ0v) is 17.4. The van der Waals surface area contributed by atoms with Crippen LogP contribution in [0.2, 0.25) is 0 Å². The molecule has 2 N–H and O–H groups in total. The van der Waals surface area contributed by atoms with Gasteiger partial charge in [0.1, 0.15) is 5.75 Å². The first-order valence-corrected chi connectivity index (χ1v) is 10.2. The number of aromatic amines is 1. The molecule has 0 saturated carbocycles. The van der Waals surface area contributed by atoms with Crippen LogP contribution in [-0.4, -0.2) is 28.0 Å². The molecule has 6 heteroatoms. The van der Waals surface area contributed by atoms with Crippen molar-refractivity contribution in [3.63, 3.8) is 0 Å². The van der Waals surface area contributed by atoms with Crippen molar-refractivity contribution < 1.29 is 9.53 Å². The number of imidazole rings is 1. The monoisotopic (exact) mass is 420 g/mol. The second-order valence-electron chi connectivity index (χ2n) is 7.27. The number of hydrogen-bond acceptors (Lipinski definition) is 4. The Bertz CT molecular complexity index is 1390. The Kier molecular flexibility index (Phi) is 5.09. The number of para-hydroxylation sites is 1. The minimum Gasteiger partial charge on any atom is -0.497 e. The number of anilines is 1. The van der Waals surface area contributed by atoms with Crippen LogP contribution in [0.1, 0.15) is 10.4 Å². The van der Waals surface area contributed by atoms with Gasteiger partial charge in [-0.3, -0.25) is 10.1 Å². The number of amides is 1. The molecule has 0 bridgehead atoms. The third-order valence-electron chi connectivity index (χ3n) is 5.24. The van der Waals surface area contributed by atoms with E-state index >= 15 is 0 Å². The summed E-state index contributed by atoms with van der Waals surface area (Å²) in [6, 6.07) is 26.9. The molecule has 0 unspecified atom stereocenters. The predicted octanol–water partition coefficient (Wildman–Crippen LogP) is 5.55. The van der Waals surface area contributed by atoms with Gasteiger partial charge in [-0.25, -0.2) is 9.97 Å². The number of rotatable bonds is 5. The molecule has 0 radical (unpaired) electrons. The zero-order valence-electron chi connectivity index (χ0n) is 17.4. The van der Waals surface area contributed by atoms with E-state index in [0.29, 0.717) is 11.5 Å². The average molecular weight is 420 g/mol. The number of ether oxygens (including phenoxy) is 1. The number of nitrogens with zero attached hydrogens (tertiary/aromatic N) is 2. The molecule has 0 saturated heterocycles. The average Bonchev–Trinajstić information content (AvgIpc) is 3.32. The molecule has 5 rings (SSSR count). The van der Waals surface area contributed by atoms with Gasteiger partial charge >= 0.3 is 0 Å². The van der Waals surface area contributed by atoms with Crippen LogP contribution >= 0.6 is 0 Å². The van der Waals surface area contributed by atoms with Gasteiger partial charge in [-0.05, 0) is 42.0 Å². The van der Waals surface area contributed by atoms with Crippen molar-refractivity contribution in [2.75, 3.05) is 12.4 Å². The lowest BCUT2D eigenvalue weighted by atomic mass is 10.0. The lowest BCUT2D eigenvalue weighted by Gasteiger charge is -2.09. The number of fused-ring (bicyclic) bond motifs is 1. The van der Waals surface area contributed by atoms with Crippen molar-refractivity contribution in [3.8, 4) is 28.3 Å². The second kappa shape index (κ2) is 8.35. The fourth-order valence-corrected chi connectivity index (χ4v) is 3.60. The van der Waals surface area contributed by atoms with Crippen LogP contribution in [-0.2, 0) is 0 Å². The summed E-state index contributed by atoms with van der Waals surface area (Å²) in [5.41, 5.74) is 4.74. The van der Waals surface area contributed by atoms with E-state index in [0.717, 1.165) is 39.2 Å². The van der Waals surface area contributed by atoms with Crippen molar-refractivity contribution in [2.45, 2.75) is 0 Å². The first-order chi connectivity index (χ1) is 15.7. The van der Waals surface area contributed by atoms with E-state index in [1.807, 2.05) is 84.9 Å². The Morgan fingerprint density at radius 1 is 0.906 bits per heavy atom. The van der Waals surface area contributed by atoms with E-state index in [2.05, 4.69) is 15.3 Å². The molecule has 156 valence electrons. The number of benzene rings is 3. The Balaban J connectivity index is 1.47. The van der Waals surface area contributed by atoms with Gasteiger partial charge in [0.05, 0.1) is 35.8 Å².